The molecule has 2 atom stereocenters. The highest BCUT2D eigenvalue weighted by Gasteiger charge is 2.29. The number of aromatic nitrogens is 5. The van der Waals surface area contributed by atoms with Gasteiger partial charge in [-0.1, -0.05) is 0 Å². The Hall–Kier alpha value is -2.70. The molecule has 3 aromatic heterocycles. The minimum absolute atomic E-state index is 0.0670. The van der Waals surface area contributed by atoms with E-state index in [2.05, 4.69) is 10.2 Å². The zero-order valence-electron chi connectivity index (χ0n) is 15.6. The Morgan fingerprint density at radius 2 is 2.00 bits per heavy atom. The van der Waals surface area contributed by atoms with E-state index in [9.17, 15) is 4.79 Å². The van der Waals surface area contributed by atoms with Gasteiger partial charge in [-0.15, -0.1) is 0 Å². The third kappa shape index (κ3) is 2.98. The number of carbonyl (C=O) groups excluding carboxylic acids is 1. The summed E-state index contributed by atoms with van der Waals surface area (Å²) in [5.41, 5.74) is 3.52. The summed E-state index contributed by atoms with van der Waals surface area (Å²) in [6.45, 7) is 3.99. The van der Waals surface area contributed by atoms with Crippen molar-refractivity contribution in [2.24, 2.45) is 20.0 Å². The van der Waals surface area contributed by atoms with Crippen LogP contribution in [0.1, 0.15) is 31.9 Å². The number of fused-ring (bicyclic) bond motifs is 1. The largest absolute Gasteiger partial charge is 0.474 e. The predicted molar refractivity (Wildman–Crippen MR) is 97.9 cm³/mol. The normalized spacial score (nSPS) is 18.6. The van der Waals surface area contributed by atoms with Gasteiger partial charge in [-0.3, -0.25) is 14.2 Å². The molecule has 1 saturated carbocycles. The molecule has 1 aliphatic rings. The maximum atomic E-state index is 11.6. The zero-order chi connectivity index (χ0) is 18.4. The molecular formula is C19H23N5O2. The Morgan fingerprint density at radius 3 is 2.65 bits per heavy atom. The summed E-state index contributed by atoms with van der Waals surface area (Å²) in [5, 5.41) is 9.82. The summed E-state index contributed by atoms with van der Waals surface area (Å²) in [6, 6.07) is 1.97. The van der Waals surface area contributed by atoms with E-state index >= 15 is 0 Å². The Kier molecular flexibility index (Phi) is 4.01. The molecule has 0 aliphatic heterocycles. The van der Waals surface area contributed by atoms with Crippen LogP contribution < -0.4 is 4.74 Å². The minimum Gasteiger partial charge on any atom is -0.474 e. The van der Waals surface area contributed by atoms with E-state index < -0.39 is 0 Å². The van der Waals surface area contributed by atoms with Gasteiger partial charge in [0.05, 0.1) is 22.3 Å². The number of ketones is 1. The highest BCUT2D eigenvalue weighted by Crippen LogP contribution is 2.33. The summed E-state index contributed by atoms with van der Waals surface area (Å²) in [6.07, 6.45) is 5.95. The van der Waals surface area contributed by atoms with Gasteiger partial charge in [-0.05, 0) is 26.3 Å². The summed E-state index contributed by atoms with van der Waals surface area (Å²) in [5.74, 6) is 1.14. The molecule has 4 rings (SSSR count). The van der Waals surface area contributed by atoms with Crippen LogP contribution in [0.4, 0.5) is 0 Å². The second-order valence-corrected chi connectivity index (χ2v) is 7.21. The summed E-state index contributed by atoms with van der Waals surface area (Å²) < 4.78 is 9.78. The van der Waals surface area contributed by atoms with E-state index in [1.807, 2.05) is 46.4 Å². The number of ether oxygens (including phenoxy) is 1. The van der Waals surface area contributed by atoms with Gasteiger partial charge in [0.15, 0.2) is 0 Å². The molecule has 0 aromatic carbocycles. The van der Waals surface area contributed by atoms with Crippen molar-refractivity contribution in [2.45, 2.75) is 39.2 Å². The van der Waals surface area contributed by atoms with Crippen LogP contribution in [0, 0.1) is 12.8 Å². The average molecular weight is 353 g/mol. The molecule has 0 amide bonds. The van der Waals surface area contributed by atoms with Gasteiger partial charge < -0.3 is 4.74 Å². The highest BCUT2D eigenvalue weighted by atomic mass is 16.5. The third-order valence-corrected chi connectivity index (χ3v) is 5.12. The summed E-state index contributed by atoms with van der Waals surface area (Å²) >= 11 is 0. The van der Waals surface area contributed by atoms with Crippen LogP contribution in [0.25, 0.3) is 22.2 Å². The number of aryl methyl sites for hydroxylation is 3. The van der Waals surface area contributed by atoms with Gasteiger partial charge in [0, 0.05) is 50.8 Å². The van der Waals surface area contributed by atoms with Crippen molar-refractivity contribution in [3.63, 3.8) is 0 Å². The number of hydrogen-bond donors (Lipinski definition) is 0. The van der Waals surface area contributed by atoms with Crippen LogP contribution in [0.15, 0.2) is 18.5 Å². The summed E-state index contributed by atoms with van der Waals surface area (Å²) in [7, 11) is 3.78. The number of Topliss-reactive ketones (excluding diaryl/α,β-unsaturated/α-hetero) is 1. The maximum absolute atomic E-state index is 11.6. The Morgan fingerprint density at radius 1 is 1.23 bits per heavy atom. The number of pyridine rings is 1. The van der Waals surface area contributed by atoms with E-state index in [4.69, 9.17) is 9.72 Å². The van der Waals surface area contributed by atoms with Crippen LogP contribution in [0.5, 0.6) is 5.88 Å². The van der Waals surface area contributed by atoms with E-state index in [-0.39, 0.29) is 12.0 Å². The predicted octanol–water partition coefficient (Wildman–Crippen LogP) is 2.81. The molecular weight excluding hydrogens is 330 g/mol. The topological polar surface area (TPSA) is 74.8 Å². The lowest BCUT2D eigenvalue weighted by molar-refractivity contribution is -0.117. The first kappa shape index (κ1) is 16.8. The summed E-state index contributed by atoms with van der Waals surface area (Å²) in [4.78, 5) is 16.4. The van der Waals surface area contributed by atoms with E-state index in [0.717, 1.165) is 34.3 Å². The first-order valence-electron chi connectivity index (χ1n) is 8.94. The van der Waals surface area contributed by atoms with Crippen molar-refractivity contribution in [2.75, 3.05) is 0 Å². The molecule has 7 heteroatoms. The molecule has 136 valence electrons. The van der Waals surface area contributed by atoms with Crippen LogP contribution in [0.2, 0.25) is 0 Å². The van der Waals surface area contributed by atoms with E-state index in [1.54, 1.807) is 9.36 Å². The first-order valence-corrected chi connectivity index (χ1v) is 8.94. The molecule has 3 heterocycles. The van der Waals surface area contributed by atoms with E-state index in [0.29, 0.717) is 24.5 Å². The number of nitrogens with zero attached hydrogens (tertiary/aromatic N) is 5. The lowest BCUT2D eigenvalue weighted by Crippen LogP contribution is -2.22. The Labute approximate surface area is 152 Å². The molecule has 0 radical (unpaired) electrons. The molecule has 0 unspecified atom stereocenters. The van der Waals surface area contributed by atoms with Crippen LogP contribution in [-0.4, -0.2) is 36.4 Å². The van der Waals surface area contributed by atoms with Gasteiger partial charge in [0.2, 0.25) is 5.88 Å². The van der Waals surface area contributed by atoms with Crippen molar-refractivity contribution in [3.05, 3.63) is 24.2 Å². The molecule has 7 nitrogen and oxygen atoms in total. The van der Waals surface area contributed by atoms with Gasteiger partial charge in [-0.25, -0.2) is 4.98 Å². The second kappa shape index (κ2) is 6.23. The second-order valence-electron chi connectivity index (χ2n) is 7.21. The van der Waals surface area contributed by atoms with Crippen molar-refractivity contribution in [3.8, 4) is 17.1 Å². The van der Waals surface area contributed by atoms with Crippen molar-refractivity contribution >= 4 is 16.7 Å². The molecule has 0 spiro atoms. The third-order valence-electron chi connectivity index (χ3n) is 5.12. The quantitative estimate of drug-likeness (QED) is 0.721. The van der Waals surface area contributed by atoms with Crippen molar-refractivity contribution < 1.29 is 9.53 Å². The monoisotopic (exact) mass is 353 g/mol. The van der Waals surface area contributed by atoms with Gasteiger partial charge in [0.25, 0.3) is 0 Å². The smallest absolute Gasteiger partial charge is 0.225 e. The molecule has 0 N–H and O–H groups in total. The first-order chi connectivity index (χ1) is 12.4. The average Bonchev–Trinajstić information content (AvgIpc) is 3.25. The van der Waals surface area contributed by atoms with Crippen LogP contribution in [-0.2, 0) is 18.9 Å². The number of hydrogen-bond acceptors (Lipinski definition) is 5. The fourth-order valence-corrected chi connectivity index (χ4v) is 3.70. The van der Waals surface area contributed by atoms with Crippen molar-refractivity contribution in [1.82, 2.24) is 24.5 Å². The molecule has 26 heavy (non-hydrogen) atoms. The standard InChI is InChI=1S/C19H23N5O2/c1-11-15(9-23(3)21-11)17-8-18-16(10-24(4)22-18)19(20-17)26-12(2)13-5-6-14(25)7-13/h8-10,12-13H,5-7H2,1-4H3/t12-,13+/m1/s1. The lowest BCUT2D eigenvalue weighted by atomic mass is 10.0. The Balaban J connectivity index is 1.75. The Bertz CT molecular complexity index is 987. The molecule has 1 aliphatic carbocycles. The van der Waals surface area contributed by atoms with Crippen molar-refractivity contribution in [1.29, 1.82) is 0 Å². The molecule has 3 aromatic rings. The number of rotatable bonds is 4. The van der Waals surface area contributed by atoms with Gasteiger partial charge in [-0.2, -0.15) is 10.2 Å². The zero-order valence-corrected chi connectivity index (χ0v) is 15.6. The fourth-order valence-electron chi connectivity index (χ4n) is 3.70. The fraction of sp³-hybridized carbons (Fsp3) is 0.474. The molecule has 1 fully saturated rings. The highest BCUT2D eigenvalue weighted by molar-refractivity contribution is 5.87. The van der Waals surface area contributed by atoms with Gasteiger partial charge in [0.1, 0.15) is 11.9 Å². The molecule has 0 saturated heterocycles. The minimum atomic E-state index is -0.0670. The SMILES string of the molecule is Cc1nn(C)cc1-c1cc2nn(C)cc2c(O[C@H](C)[C@H]2CCC(=O)C2)n1. The van der Waals surface area contributed by atoms with E-state index in [1.165, 1.54) is 0 Å². The maximum Gasteiger partial charge on any atom is 0.225 e. The van der Waals surface area contributed by atoms with Crippen LogP contribution in [0.3, 0.4) is 0 Å². The number of carbonyl (C=O) groups is 1. The van der Waals surface area contributed by atoms with Gasteiger partial charge >= 0.3 is 0 Å². The van der Waals surface area contributed by atoms with Crippen LogP contribution >= 0.6 is 0 Å². The lowest BCUT2D eigenvalue weighted by Gasteiger charge is -2.20. The molecule has 0 bridgehead atoms.